The molecule has 0 saturated carbocycles. The van der Waals surface area contributed by atoms with Crippen molar-refractivity contribution < 1.29 is 4.79 Å². The first kappa shape index (κ1) is 13.6. The minimum Gasteiger partial charge on any atom is -0.324 e. The molecule has 1 saturated heterocycles. The Hall–Kier alpha value is -1.86. The number of hydrogen-bond acceptors (Lipinski definition) is 3. The van der Waals surface area contributed by atoms with E-state index in [4.69, 9.17) is 6.42 Å². The number of amides is 1. The molecule has 1 aromatic rings. The number of pyridine rings is 1. The highest BCUT2D eigenvalue weighted by atomic mass is 16.2. The Labute approximate surface area is 114 Å². The van der Waals surface area contributed by atoms with Crippen molar-refractivity contribution in [1.29, 1.82) is 0 Å². The predicted octanol–water partition coefficient (Wildman–Crippen LogP) is 1.10. The zero-order valence-corrected chi connectivity index (χ0v) is 11.2. The van der Waals surface area contributed by atoms with Crippen LogP contribution in [0.3, 0.4) is 0 Å². The molecule has 4 heteroatoms. The number of nitrogens with one attached hydrogen (secondary N) is 1. The molecule has 100 valence electrons. The summed E-state index contributed by atoms with van der Waals surface area (Å²) in [6, 6.07) is 5.73. The van der Waals surface area contributed by atoms with Crippen LogP contribution in [0.15, 0.2) is 18.2 Å². The Balaban J connectivity index is 2.07. The van der Waals surface area contributed by atoms with Gasteiger partial charge in [0.2, 0.25) is 5.91 Å². The van der Waals surface area contributed by atoms with E-state index in [-0.39, 0.29) is 11.9 Å². The van der Waals surface area contributed by atoms with Crippen LogP contribution in [-0.2, 0) is 11.3 Å². The summed E-state index contributed by atoms with van der Waals surface area (Å²) in [7, 11) is 0. The van der Waals surface area contributed by atoms with Crippen LogP contribution in [0.1, 0.15) is 24.2 Å². The fourth-order valence-electron chi connectivity index (χ4n) is 2.32. The molecule has 1 aliphatic rings. The summed E-state index contributed by atoms with van der Waals surface area (Å²) in [5, 5.41) is 3.21. The van der Waals surface area contributed by atoms with Crippen molar-refractivity contribution in [3.63, 3.8) is 0 Å². The van der Waals surface area contributed by atoms with Crippen LogP contribution in [0.4, 0.5) is 0 Å². The molecule has 1 aromatic heterocycles. The first-order chi connectivity index (χ1) is 9.20. The van der Waals surface area contributed by atoms with Crippen LogP contribution in [0.5, 0.6) is 0 Å². The van der Waals surface area contributed by atoms with Crippen LogP contribution in [0.2, 0.25) is 0 Å². The highest BCUT2D eigenvalue weighted by Gasteiger charge is 2.26. The van der Waals surface area contributed by atoms with E-state index in [0.717, 1.165) is 30.8 Å². The van der Waals surface area contributed by atoms with Gasteiger partial charge >= 0.3 is 0 Å². The molecule has 1 amide bonds. The Morgan fingerprint density at radius 3 is 3.11 bits per heavy atom. The summed E-state index contributed by atoms with van der Waals surface area (Å²) in [6.45, 7) is 3.65. The standard InChI is InChI=1S/C15H19N3O/c1-3-10-18(15(19)14-8-5-9-16-14)11-13-7-4-6-12(2)17-13/h1,4,6-7,14,16H,5,8-11H2,2H3/t14-/m0/s1. The third kappa shape index (κ3) is 3.55. The van der Waals surface area contributed by atoms with Crippen molar-refractivity contribution in [3.05, 3.63) is 29.6 Å². The summed E-state index contributed by atoms with van der Waals surface area (Å²) < 4.78 is 0. The van der Waals surface area contributed by atoms with Crippen molar-refractivity contribution >= 4 is 5.91 Å². The Kier molecular flexibility index (Phi) is 4.53. The molecule has 1 N–H and O–H groups in total. The Bertz CT molecular complexity index is 486. The quantitative estimate of drug-likeness (QED) is 0.822. The minimum absolute atomic E-state index is 0.0822. The van der Waals surface area contributed by atoms with Crippen molar-refractivity contribution in [2.45, 2.75) is 32.4 Å². The molecule has 1 atom stereocenters. The molecule has 2 heterocycles. The van der Waals surface area contributed by atoms with Crippen molar-refractivity contribution in [3.8, 4) is 12.3 Å². The first-order valence-corrected chi connectivity index (χ1v) is 6.59. The van der Waals surface area contributed by atoms with Gasteiger partial charge in [0.1, 0.15) is 0 Å². The van der Waals surface area contributed by atoms with E-state index in [1.807, 2.05) is 25.1 Å². The second-order valence-corrected chi connectivity index (χ2v) is 4.82. The third-order valence-electron chi connectivity index (χ3n) is 3.25. The van der Waals surface area contributed by atoms with Gasteiger partial charge in [0, 0.05) is 5.69 Å². The van der Waals surface area contributed by atoms with E-state index in [1.165, 1.54) is 0 Å². The summed E-state index contributed by atoms with van der Waals surface area (Å²) in [6.07, 6.45) is 7.30. The highest BCUT2D eigenvalue weighted by molar-refractivity contribution is 5.82. The number of carbonyl (C=O) groups excluding carboxylic acids is 1. The maximum atomic E-state index is 12.4. The number of terminal acetylenes is 1. The van der Waals surface area contributed by atoms with Gasteiger partial charge < -0.3 is 10.2 Å². The molecular weight excluding hydrogens is 238 g/mol. The average Bonchev–Trinajstić information content (AvgIpc) is 2.91. The predicted molar refractivity (Wildman–Crippen MR) is 74.2 cm³/mol. The lowest BCUT2D eigenvalue weighted by Crippen LogP contribution is -2.43. The first-order valence-electron chi connectivity index (χ1n) is 6.59. The molecule has 0 aliphatic carbocycles. The van der Waals surface area contributed by atoms with E-state index in [2.05, 4.69) is 16.2 Å². The zero-order chi connectivity index (χ0) is 13.7. The minimum atomic E-state index is -0.0850. The van der Waals surface area contributed by atoms with Crippen LogP contribution >= 0.6 is 0 Å². The highest BCUT2D eigenvalue weighted by Crippen LogP contribution is 2.11. The second kappa shape index (κ2) is 6.35. The van der Waals surface area contributed by atoms with Crippen molar-refractivity contribution in [2.75, 3.05) is 13.1 Å². The fraction of sp³-hybridized carbons (Fsp3) is 0.467. The molecule has 0 aromatic carbocycles. The lowest BCUT2D eigenvalue weighted by molar-refractivity contribution is -0.133. The molecule has 19 heavy (non-hydrogen) atoms. The second-order valence-electron chi connectivity index (χ2n) is 4.82. The number of aryl methyl sites for hydroxylation is 1. The monoisotopic (exact) mass is 257 g/mol. The average molecular weight is 257 g/mol. The zero-order valence-electron chi connectivity index (χ0n) is 11.2. The molecular formula is C15H19N3O. The molecule has 2 rings (SSSR count). The normalized spacial score (nSPS) is 18.0. The van der Waals surface area contributed by atoms with Crippen molar-refractivity contribution in [2.24, 2.45) is 0 Å². The van der Waals surface area contributed by atoms with Crippen LogP contribution < -0.4 is 5.32 Å². The smallest absolute Gasteiger partial charge is 0.240 e. The Morgan fingerprint density at radius 1 is 1.63 bits per heavy atom. The lowest BCUT2D eigenvalue weighted by Gasteiger charge is -2.23. The lowest BCUT2D eigenvalue weighted by atomic mass is 10.2. The molecule has 0 unspecified atom stereocenters. The summed E-state index contributed by atoms with van der Waals surface area (Å²) >= 11 is 0. The number of carbonyl (C=O) groups is 1. The van der Waals surface area contributed by atoms with E-state index >= 15 is 0 Å². The van der Waals surface area contributed by atoms with Gasteiger partial charge in [-0.05, 0) is 38.4 Å². The Morgan fingerprint density at radius 2 is 2.47 bits per heavy atom. The SMILES string of the molecule is C#CCN(Cc1cccc(C)n1)C(=O)[C@@H]1CCCN1. The largest absolute Gasteiger partial charge is 0.324 e. The number of aromatic nitrogens is 1. The number of nitrogens with zero attached hydrogens (tertiary/aromatic N) is 2. The van der Waals surface area contributed by atoms with E-state index in [1.54, 1.807) is 4.90 Å². The van der Waals surface area contributed by atoms with Gasteiger partial charge in [0.05, 0.1) is 24.8 Å². The molecule has 0 radical (unpaired) electrons. The third-order valence-corrected chi connectivity index (χ3v) is 3.25. The van der Waals surface area contributed by atoms with E-state index in [9.17, 15) is 4.79 Å². The number of hydrogen-bond donors (Lipinski definition) is 1. The molecule has 1 fully saturated rings. The fourth-order valence-corrected chi connectivity index (χ4v) is 2.32. The van der Waals surface area contributed by atoms with Crippen LogP contribution in [-0.4, -0.2) is 34.9 Å². The molecule has 1 aliphatic heterocycles. The maximum absolute atomic E-state index is 12.4. The summed E-state index contributed by atoms with van der Waals surface area (Å²) in [4.78, 5) is 18.5. The van der Waals surface area contributed by atoms with E-state index in [0.29, 0.717) is 13.1 Å². The number of rotatable bonds is 4. The molecule has 0 bridgehead atoms. The topological polar surface area (TPSA) is 45.2 Å². The van der Waals surface area contributed by atoms with Crippen LogP contribution in [0, 0.1) is 19.3 Å². The van der Waals surface area contributed by atoms with Gasteiger partial charge in [-0.2, -0.15) is 0 Å². The molecule has 4 nitrogen and oxygen atoms in total. The van der Waals surface area contributed by atoms with Gasteiger partial charge in [-0.1, -0.05) is 12.0 Å². The summed E-state index contributed by atoms with van der Waals surface area (Å²) in [5.74, 6) is 2.64. The van der Waals surface area contributed by atoms with Gasteiger partial charge in [-0.25, -0.2) is 0 Å². The van der Waals surface area contributed by atoms with Crippen molar-refractivity contribution in [1.82, 2.24) is 15.2 Å². The van der Waals surface area contributed by atoms with Gasteiger partial charge in [-0.3, -0.25) is 9.78 Å². The van der Waals surface area contributed by atoms with Gasteiger partial charge in [0.25, 0.3) is 0 Å². The van der Waals surface area contributed by atoms with Gasteiger partial charge in [0.15, 0.2) is 0 Å². The van der Waals surface area contributed by atoms with Gasteiger partial charge in [-0.15, -0.1) is 6.42 Å². The van der Waals surface area contributed by atoms with E-state index < -0.39 is 0 Å². The maximum Gasteiger partial charge on any atom is 0.240 e. The molecule has 0 spiro atoms. The van der Waals surface area contributed by atoms with Crippen LogP contribution in [0.25, 0.3) is 0 Å². The summed E-state index contributed by atoms with van der Waals surface area (Å²) in [5.41, 5.74) is 1.83.